The van der Waals surface area contributed by atoms with Gasteiger partial charge in [0.15, 0.2) is 22.9 Å². The van der Waals surface area contributed by atoms with Gasteiger partial charge in [0.25, 0.3) is 5.91 Å². The Kier molecular flexibility index (Phi) is 5.31. The Morgan fingerprint density at radius 1 is 0.944 bits per heavy atom. The van der Waals surface area contributed by atoms with Crippen LogP contribution < -0.4 is 14.4 Å². The fraction of sp³-hybridized carbons (Fsp3) is 0.133. The molecule has 0 spiro atoms. The van der Waals surface area contributed by atoms with Crippen LogP contribution in [0.15, 0.2) is 91.0 Å². The summed E-state index contributed by atoms with van der Waals surface area (Å²) in [6, 6.07) is 26.5. The first kappa shape index (κ1) is 22.1. The Bertz CT molecular complexity index is 1540. The predicted octanol–water partition coefficient (Wildman–Crippen LogP) is 4.98. The molecule has 1 atom stereocenters. The van der Waals surface area contributed by atoms with Gasteiger partial charge in [-0.2, -0.15) is 0 Å². The zero-order valence-corrected chi connectivity index (χ0v) is 19.4. The fourth-order valence-corrected chi connectivity index (χ4v) is 4.95. The summed E-state index contributed by atoms with van der Waals surface area (Å²) < 4.78 is 10.7. The number of benzene rings is 4. The standard InChI is InChI=1S/C30H23NO5/c32-23(14-12-20-13-15-27-28(16-20)36-19-35-27)17-30(34)25-10-3-4-11-26(25)31(29(30)33)18-22-8-5-7-21-6-1-2-9-24(21)22/h1-16,34H,17-19H2. The minimum absolute atomic E-state index is 0.172. The largest absolute Gasteiger partial charge is 0.454 e. The lowest BCUT2D eigenvalue weighted by Crippen LogP contribution is -2.41. The van der Waals surface area contributed by atoms with Crippen molar-refractivity contribution in [1.29, 1.82) is 0 Å². The van der Waals surface area contributed by atoms with Crippen LogP contribution in [-0.2, 0) is 21.7 Å². The van der Waals surface area contributed by atoms with Crippen LogP contribution in [0.1, 0.15) is 23.1 Å². The molecule has 4 aromatic rings. The highest BCUT2D eigenvalue weighted by Gasteiger charge is 2.50. The van der Waals surface area contributed by atoms with E-state index in [2.05, 4.69) is 0 Å². The molecule has 0 aromatic heterocycles. The maximum Gasteiger partial charge on any atom is 0.264 e. The molecule has 1 unspecified atom stereocenters. The molecule has 2 aliphatic heterocycles. The summed E-state index contributed by atoms with van der Waals surface area (Å²) >= 11 is 0. The summed E-state index contributed by atoms with van der Waals surface area (Å²) in [5.41, 5.74) is 0.854. The highest BCUT2D eigenvalue weighted by atomic mass is 16.7. The number of rotatable bonds is 6. The molecule has 4 aromatic carbocycles. The average Bonchev–Trinajstić information content (AvgIpc) is 3.45. The normalized spacial score (nSPS) is 18.2. The molecule has 6 rings (SSSR count). The number of allylic oxidation sites excluding steroid dienone is 1. The van der Waals surface area contributed by atoms with Gasteiger partial charge in [-0.05, 0) is 46.2 Å². The van der Waals surface area contributed by atoms with Crippen LogP contribution in [0.4, 0.5) is 5.69 Å². The van der Waals surface area contributed by atoms with Crippen LogP contribution in [-0.4, -0.2) is 23.6 Å². The van der Waals surface area contributed by atoms with Crippen molar-refractivity contribution < 1.29 is 24.2 Å². The molecular weight excluding hydrogens is 454 g/mol. The van der Waals surface area contributed by atoms with E-state index in [1.54, 1.807) is 35.2 Å². The van der Waals surface area contributed by atoms with Crippen molar-refractivity contribution in [3.05, 3.63) is 108 Å². The third-order valence-corrected chi connectivity index (χ3v) is 6.74. The molecule has 0 aliphatic carbocycles. The van der Waals surface area contributed by atoms with Gasteiger partial charge in [-0.25, -0.2) is 0 Å². The number of aliphatic hydroxyl groups is 1. The second-order valence-electron chi connectivity index (χ2n) is 9.00. The molecule has 36 heavy (non-hydrogen) atoms. The second-order valence-corrected chi connectivity index (χ2v) is 9.00. The van der Waals surface area contributed by atoms with Gasteiger partial charge in [0.1, 0.15) is 0 Å². The number of amides is 1. The number of nitrogens with zero attached hydrogens (tertiary/aromatic N) is 1. The van der Waals surface area contributed by atoms with Crippen LogP contribution in [0.5, 0.6) is 11.5 Å². The maximum atomic E-state index is 13.6. The number of ether oxygens (including phenoxy) is 2. The number of carbonyl (C=O) groups excluding carboxylic acids is 2. The molecule has 6 heteroatoms. The Morgan fingerprint density at radius 3 is 2.64 bits per heavy atom. The van der Waals surface area contributed by atoms with Gasteiger partial charge in [0, 0.05) is 5.56 Å². The van der Waals surface area contributed by atoms with Crippen molar-refractivity contribution in [2.75, 3.05) is 11.7 Å². The van der Waals surface area contributed by atoms with Crippen molar-refractivity contribution in [1.82, 2.24) is 0 Å². The topological polar surface area (TPSA) is 76.1 Å². The SMILES string of the molecule is O=C(C=Cc1ccc2c(c1)OCO2)CC1(O)C(=O)N(Cc2cccc3ccccc23)c2ccccc21. The van der Waals surface area contributed by atoms with Crippen molar-refractivity contribution in [3.8, 4) is 11.5 Å². The van der Waals surface area contributed by atoms with Crippen molar-refractivity contribution in [2.45, 2.75) is 18.6 Å². The monoisotopic (exact) mass is 477 g/mol. The van der Waals surface area contributed by atoms with E-state index in [1.165, 1.54) is 6.08 Å². The van der Waals surface area contributed by atoms with Gasteiger partial charge in [-0.15, -0.1) is 0 Å². The predicted molar refractivity (Wildman–Crippen MR) is 137 cm³/mol. The number of hydrogen-bond acceptors (Lipinski definition) is 5. The van der Waals surface area contributed by atoms with E-state index in [0.29, 0.717) is 29.3 Å². The van der Waals surface area contributed by atoms with E-state index in [9.17, 15) is 14.7 Å². The summed E-state index contributed by atoms with van der Waals surface area (Å²) in [5, 5.41) is 13.7. The highest BCUT2D eigenvalue weighted by molar-refractivity contribution is 6.10. The molecule has 0 bridgehead atoms. The summed E-state index contributed by atoms with van der Waals surface area (Å²) in [4.78, 5) is 28.1. The highest BCUT2D eigenvalue weighted by Crippen LogP contribution is 2.43. The van der Waals surface area contributed by atoms with E-state index in [-0.39, 0.29) is 19.0 Å². The molecule has 6 nitrogen and oxygen atoms in total. The van der Waals surface area contributed by atoms with Crippen LogP contribution in [0, 0.1) is 0 Å². The van der Waals surface area contributed by atoms with Crippen molar-refractivity contribution >= 4 is 34.2 Å². The van der Waals surface area contributed by atoms with Gasteiger partial charge in [-0.1, -0.05) is 72.8 Å². The lowest BCUT2D eigenvalue weighted by Gasteiger charge is -2.23. The number of carbonyl (C=O) groups is 2. The first-order valence-corrected chi connectivity index (χ1v) is 11.7. The van der Waals surface area contributed by atoms with Gasteiger partial charge in [0.2, 0.25) is 6.79 Å². The van der Waals surface area contributed by atoms with Crippen LogP contribution in [0.2, 0.25) is 0 Å². The zero-order valence-electron chi connectivity index (χ0n) is 19.4. The van der Waals surface area contributed by atoms with Gasteiger partial charge < -0.3 is 19.5 Å². The van der Waals surface area contributed by atoms with Crippen LogP contribution >= 0.6 is 0 Å². The first-order valence-electron chi connectivity index (χ1n) is 11.7. The summed E-state index contributed by atoms with van der Waals surface area (Å²) in [7, 11) is 0. The molecule has 0 fully saturated rings. The Morgan fingerprint density at radius 2 is 1.72 bits per heavy atom. The molecule has 178 valence electrons. The van der Waals surface area contributed by atoms with E-state index in [4.69, 9.17) is 9.47 Å². The van der Waals surface area contributed by atoms with Crippen LogP contribution in [0.25, 0.3) is 16.8 Å². The molecule has 0 radical (unpaired) electrons. The molecule has 0 saturated carbocycles. The molecule has 0 saturated heterocycles. The number of fused-ring (bicyclic) bond motifs is 3. The number of ketones is 1. The Labute approximate surface area is 208 Å². The first-order chi connectivity index (χ1) is 17.5. The van der Waals surface area contributed by atoms with Gasteiger partial charge >= 0.3 is 0 Å². The molecule has 2 heterocycles. The van der Waals surface area contributed by atoms with E-state index in [1.807, 2.05) is 60.7 Å². The fourth-order valence-electron chi connectivity index (χ4n) is 4.95. The summed E-state index contributed by atoms with van der Waals surface area (Å²) in [6.07, 6.45) is 2.68. The maximum absolute atomic E-state index is 13.6. The Hall–Kier alpha value is -4.42. The van der Waals surface area contributed by atoms with E-state index >= 15 is 0 Å². The van der Waals surface area contributed by atoms with Crippen molar-refractivity contribution in [3.63, 3.8) is 0 Å². The van der Waals surface area contributed by atoms with Crippen LogP contribution in [0.3, 0.4) is 0 Å². The number of anilines is 1. The number of para-hydroxylation sites is 1. The minimum Gasteiger partial charge on any atom is -0.454 e. The van der Waals surface area contributed by atoms with E-state index in [0.717, 1.165) is 21.9 Å². The lowest BCUT2D eigenvalue weighted by atomic mass is 9.89. The average molecular weight is 478 g/mol. The molecule has 1 amide bonds. The third kappa shape index (κ3) is 3.72. The summed E-state index contributed by atoms with van der Waals surface area (Å²) in [5.74, 6) is 0.422. The second kappa shape index (κ2) is 8.66. The molecule has 2 aliphatic rings. The van der Waals surface area contributed by atoms with Crippen molar-refractivity contribution in [2.24, 2.45) is 0 Å². The van der Waals surface area contributed by atoms with Gasteiger partial charge in [-0.3, -0.25) is 9.59 Å². The quantitative estimate of drug-likeness (QED) is 0.397. The smallest absolute Gasteiger partial charge is 0.264 e. The molecule has 1 N–H and O–H groups in total. The lowest BCUT2D eigenvalue weighted by molar-refractivity contribution is -0.140. The zero-order chi connectivity index (χ0) is 24.7. The third-order valence-electron chi connectivity index (χ3n) is 6.74. The van der Waals surface area contributed by atoms with Gasteiger partial charge in [0.05, 0.1) is 18.7 Å². The minimum atomic E-state index is -1.93. The number of hydrogen-bond donors (Lipinski definition) is 1. The summed E-state index contributed by atoms with van der Waals surface area (Å²) in [6.45, 7) is 0.464. The van der Waals surface area contributed by atoms with E-state index < -0.39 is 11.5 Å². The molecular formula is C30H23NO5. The Balaban J connectivity index is 1.27.